The van der Waals surface area contributed by atoms with Gasteiger partial charge in [-0.1, -0.05) is 54.6 Å². The van der Waals surface area contributed by atoms with Crippen molar-refractivity contribution < 1.29 is 53.2 Å². The number of hydrogen-bond acceptors (Lipinski definition) is 11. The van der Waals surface area contributed by atoms with Crippen LogP contribution in [0.1, 0.15) is 12.8 Å². The van der Waals surface area contributed by atoms with Crippen LogP contribution < -0.4 is 30.6 Å². The van der Waals surface area contributed by atoms with Gasteiger partial charge in [-0.15, -0.1) is 0 Å². The van der Waals surface area contributed by atoms with Crippen molar-refractivity contribution in [1.29, 1.82) is 0 Å². The Kier molecular flexibility index (Phi) is 13.1. The quantitative estimate of drug-likeness (QED) is 0.103. The van der Waals surface area contributed by atoms with E-state index < -0.39 is 30.3 Å². The van der Waals surface area contributed by atoms with Crippen molar-refractivity contribution >= 4 is 24.2 Å². The van der Waals surface area contributed by atoms with Crippen molar-refractivity contribution in [2.75, 3.05) is 19.7 Å². The molecule has 0 aliphatic carbocycles. The van der Waals surface area contributed by atoms with Gasteiger partial charge >= 0.3 is 24.2 Å². The second-order valence-corrected chi connectivity index (χ2v) is 8.16. The molecule has 0 aliphatic rings. The fraction of sp³-hybridized carbons (Fsp3) is 0.214. The number of hydrogen-bond donors (Lipinski definition) is 3. The van der Waals surface area contributed by atoms with Gasteiger partial charge < -0.3 is 20.7 Å². The van der Waals surface area contributed by atoms with E-state index in [1.807, 2.05) is 0 Å². The van der Waals surface area contributed by atoms with Gasteiger partial charge in [-0.25, -0.2) is 33.8 Å². The first kappa shape index (κ1) is 30.9. The zero-order chi connectivity index (χ0) is 29.8. The predicted octanol–water partition coefficient (Wildman–Crippen LogP) is 3.84. The molecule has 0 saturated carbocycles. The summed E-state index contributed by atoms with van der Waals surface area (Å²) in [5, 5.41) is 7.15. The Morgan fingerprint density at radius 3 is 1.48 bits per heavy atom. The molecule has 0 fully saturated rings. The third kappa shape index (κ3) is 12.5. The van der Waals surface area contributed by atoms with E-state index >= 15 is 0 Å². The molecule has 3 rings (SSSR count). The number of benzene rings is 3. The first-order valence-corrected chi connectivity index (χ1v) is 12.7. The molecule has 42 heavy (non-hydrogen) atoms. The van der Waals surface area contributed by atoms with E-state index in [1.54, 1.807) is 91.0 Å². The molecule has 3 N–H and O–H groups in total. The lowest BCUT2D eigenvalue weighted by atomic mass is 10.1. The number of rotatable bonds is 15. The Hall–Kier alpha value is -5.66. The van der Waals surface area contributed by atoms with Gasteiger partial charge in [0, 0.05) is 6.54 Å². The Bertz CT molecular complexity index is 1250. The fourth-order valence-electron chi connectivity index (χ4n) is 3.06. The molecule has 222 valence electrons. The maximum absolute atomic E-state index is 12.7. The molecular formula is C28H29N3O11. The zero-order valence-electron chi connectivity index (χ0n) is 22.3. The number of carbonyl (C=O) groups excluding carboxylic acids is 4. The van der Waals surface area contributed by atoms with Crippen molar-refractivity contribution in [3.8, 4) is 17.2 Å². The molecule has 3 aromatic rings. The van der Waals surface area contributed by atoms with Crippen molar-refractivity contribution in [1.82, 2.24) is 16.0 Å². The van der Waals surface area contributed by atoms with Gasteiger partial charge in [0.05, 0.1) is 6.54 Å². The van der Waals surface area contributed by atoms with Crippen LogP contribution in [-0.2, 0) is 24.2 Å². The minimum absolute atomic E-state index is 0.0411. The van der Waals surface area contributed by atoms with Crippen LogP contribution in [0, 0.1) is 0 Å². The average Bonchev–Trinajstić information content (AvgIpc) is 3.03. The minimum Gasteiger partial charge on any atom is -0.462 e. The van der Waals surface area contributed by atoms with Crippen molar-refractivity contribution in [2.24, 2.45) is 0 Å². The van der Waals surface area contributed by atoms with Crippen molar-refractivity contribution in [3.63, 3.8) is 0 Å². The fourth-order valence-corrected chi connectivity index (χ4v) is 3.06. The summed E-state index contributed by atoms with van der Waals surface area (Å²) in [7, 11) is 0. The number of carbonyl (C=O) groups is 4. The number of amides is 3. The molecule has 0 bridgehead atoms. The Balaban J connectivity index is 1.40. The van der Waals surface area contributed by atoms with E-state index in [0.717, 1.165) is 0 Å². The van der Waals surface area contributed by atoms with Crippen LogP contribution in [-0.4, -0.2) is 50.0 Å². The molecule has 3 amide bonds. The second-order valence-electron chi connectivity index (χ2n) is 8.16. The molecular weight excluding hydrogens is 554 g/mol. The second kappa shape index (κ2) is 17.8. The lowest BCUT2D eigenvalue weighted by Gasteiger charge is -2.17. The van der Waals surface area contributed by atoms with E-state index in [0.29, 0.717) is 11.5 Å². The summed E-state index contributed by atoms with van der Waals surface area (Å²) >= 11 is 0. The highest BCUT2D eigenvalue weighted by molar-refractivity contribution is 5.81. The van der Waals surface area contributed by atoms with Crippen molar-refractivity contribution in [2.45, 2.75) is 18.9 Å². The topological polar surface area (TPSA) is 169 Å². The number of esters is 1. The lowest BCUT2D eigenvalue weighted by molar-refractivity contribution is -0.152. The first-order valence-electron chi connectivity index (χ1n) is 12.7. The summed E-state index contributed by atoms with van der Waals surface area (Å²) in [6, 6.07) is 23.8. The predicted molar refractivity (Wildman–Crippen MR) is 144 cm³/mol. The van der Waals surface area contributed by atoms with E-state index in [4.69, 9.17) is 24.3 Å². The molecule has 0 aromatic heterocycles. The number of nitrogens with one attached hydrogen (secondary N) is 3. The molecule has 0 aliphatic heterocycles. The van der Waals surface area contributed by atoms with Gasteiger partial charge in [0.1, 0.15) is 12.6 Å². The molecule has 0 radical (unpaired) electrons. The summed E-state index contributed by atoms with van der Waals surface area (Å²) in [5.74, 6) is 0.101. The maximum Gasteiger partial charge on any atom is 0.451 e. The van der Waals surface area contributed by atoms with Gasteiger partial charge in [0.15, 0.2) is 17.2 Å². The standard InChI is InChI=1S/C28H29N3O11/c32-25(36-20-19-30-27(34)41-38-22-13-6-2-7-14-22)24(31-28(35)42-39-23-15-8-3-9-16-23)17-10-18-29-26(33)40-37-21-11-4-1-5-12-21/h1-9,11-16,24H,10,17-20H2,(H,29,33)(H,30,34)(H,31,35). The molecule has 3 aromatic carbocycles. The van der Waals surface area contributed by atoms with Crippen LogP contribution in [0.2, 0.25) is 0 Å². The summed E-state index contributed by atoms with van der Waals surface area (Å²) in [4.78, 5) is 77.1. The number of ether oxygens (including phenoxy) is 1. The molecule has 1 unspecified atom stereocenters. The summed E-state index contributed by atoms with van der Waals surface area (Å²) < 4.78 is 5.15. The molecule has 0 spiro atoms. The van der Waals surface area contributed by atoms with Gasteiger partial charge in [0.25, 0.3) is 0 Å². The lowest BCUT2D eigenvalue weighted by Crippen LogP contribution is -2.43. The monoisotopic (exact) mass is 583 g/mol. The van der Waals surface area contributed by atoms with Gasteiger partial charge in [0.2, 0.25) is 0 Å². The molecule has 14 heteroatoms. The summed E-state index contributed by atoms with van der Waals surface area (Å²) in [5.41, 5.74) is 0. The molecule has 14 nitrogen and oxygen atoms in total. The number of para-hydroxylation sites is 3. The highest BCUT2D eigenvalue weighted by atomic mass is 17.2. The van der Waals surface area contributed by atoms with Crippen LogP contribution in [0.3, 0.4) is 0 Å². The van der Waals surface area contributed by atoms with Gasteiger partial charge in [-0.05, 0) is 49.2 Å². The summed E-state index contributed by atoms with van der Waals surface area (Å²) in [6.45, 7) is -0.271. The molecule has 0 saturated heterocycles. The van der Waals surface area contributed by atoms with Gasteiger partial charge in [-0.3, -0.25) is 14.7 Å². The third-order valence-corrected chi connectivity index (χ3v) is 5.00. The van der Waals surface area contributed by atoms with Crippen LogP contribution in [0.4, 0.5) is 14.4 Å². The van der Waals surface area contributed by atoms with Crippen LogP contribution in [0.5, 0.6) is 17.2 Å². The first-order chi connectivity index (χ1) is 20.5. The Labute approximate surface area is 240 Å². The minimum atomic E-state index is -1.18. The highest BCUT2D eigenvalue weighted by Crippen LogP contribution is 2.10. The molecule has 1 atom stereocenters. The normalized spacial score (nSPS) is 10.7. The molecule has 0 heterocycles. The van der Waals surface area contributed by atoms with Crippen LogP contribution >= 0.6 is 0 Å². The largest absolute Gasteiger partial charge is 0.462 e. The summed E-state index contributed by atoms with van der Waals surface area (Å²) in [6.07, 6.45) is -2.54. The van der Waals surface area contributed by atoms with Crippen molar-refractivity contribution in [3.05, 3.63) is 91.0 Å². The van der Waals surface area contributed by atoms with Crippen LogP contribution in [0.25, 0.3) is 0 Å². The highest BCUT2D eigenvalue weighted by Gasteiger charge is 2.24. The van der Waals surface area contributed by atoms with E-state index in [2.05, 4.69) is 25.7 Å². The Morgan fingerprint density at radius 2 is 1.00 bits per heavy atom. The van der Waals surface area contributed by atoms with Crippen LogP contribution in [0.15, 0.2) is 91.0 Å². The Morgan fingerprint density at radius 1 is 0.571 bits per heavy atom. The zero-order valence-corrected chi connectivity index (χ0v) is 22.3. The van der Waals surface area contributed by atoms with E-state index in [9.17, 15) is 19.2 Å². The smallest absolute Gasteiger partial charge is 0.451 e. The average molecular weight is 584 g/mol. The van der Waals surface area contributed by atoms with Gasteiger partial charge in [-0.2, -0.15) is 0 Å². The third-order valence-electron chi connectivity index (χ3n) is 5.00. The van der Waals surface area contributed by atoms with E-state index in [1.165, 1.54) is 0 Å². The van der Waals surface area contributed by atoms with E-state index in [-0.39, 0.29) is 38.3 Å². The maximum atomic E-state index is 12.7. The SMILES string of the molecule is O=C(NCCCC(NC(=O)OOc1ccccc1)C(=O)OCCNC(=O)OOc1ccccc1)OOc1ccccc1.